The normalized spacial score (nSPS) is 25.2. The Labute approximate surface area is 284 Å². The third kappa shape index (κ3) is 7.93. The number of Topliss-reactive ketones (excluding diaryl/α,β-unsaturated/α-hetero) is 1. The summed E-state index contributed by atoms with van der Waals surface area (Å²) in [7, 11) is -4.21. The average Bonchev–Trinajstić information content (AvgIpc) is 3.93. The first-order valence-corrected chi connectivity index (χ1v) is 18.3. The van der Waals surface area contributed by atoms with Gasteiger partial charge in [0.1, 0.15) is 17.6 Å². The van der Waals surface area contributed by atoms with Crippen LogP contribution >= 0.6 is 0 Å². The smallest absolute Gasteiger partial charge is 0.316 e. The number of amides is 5. The molecule has 0 radical (unpaired) electrons. The van der Waals surface area contributed by atoms with E-state index in [-0.39, 0.29) is 47.3 Å². The summed E-state index contributed by atoms with van der Waals surface area (Å²) in [5, 5.41) is 8.41. The van der Waals surface area contributed by atoms with E-state index in [1.54, 1.807) is 6.07 Å². The van der Waals surface area contributed by atoms with Crippen LogP contribution in [-0.2, 0) is 29.2 Å². The number of nitrogens with one attached hydrogen (secondary N) is 4. The van der Waals surface area contributed by atoms with Gasteiger partial charge in [-0.3, -0.25) is 19.2 Å². The molecule has 1 heterocycles. The molecule has 4 rings (SSSR count). The fraction of sp³-hybridized carbons (Fsp3) is 0.629. The van der Waals surface area contributed by atoms with Crippen LogP contribution in [0.1, 0.15) is 74.1 Å². The summed E-state index contributed by atoms with van der Waals surface area (Å²) in [5.74, 6) is -2.92. The molecule has 1 aliphatic heterocycles. The minimum Gasteiger partial charge on any atom is -0.339 e. The molecule has 0 bridgehead atoms. The Morgan fingerprint density at radius 3 is 2.10 bits per heavy atom. The van der Waals surface area contributed by atoms with Crippen LogP contribution in [0.25, 0.3) is 0 Å². The van der Waals surface area contributed by atoms with E-state index < -0.39 is 68.8 Å². The maximum atomic E-state index is 14.3. The van der Waals surface area contributed by atoms with Gasteiger partial charge in [-0.2, -0.15) is 0 Å². The van der Waals surface area contributed by atoms with E-state index in [0.717, 1.165) is 12.8 Å². The van der Waals surface area contributed by atoms with Gasteiger partial charge in [0.2, 0.25) is 11.8 Å². The zero-order valence-corrected chi connectivity index (χ0v) is 29.9. The number of nitrogens with zero attached hydrogens (tertiary/aromatic N) is 1. The van der Waals surface area contributed by atoms with Gasteiger partial charge in [-0.05, 0) is 61.0 Å². The highest BCUT2D eigenvalue weighted by molar-refractivity contribution is 7.90. The third-order valence-electron chi connectivity index (χ3n) is 9.81. The topological polar surface area (TPSA) is 171 Å². The van der Waals surface area contributed by atoms with Crippen LogP contribution in [-0.4, -0.2) is 73.1 Å². The Balaban J connectivity index is 1.56. The molecule has 12 nitrogen and oxygen atoms in total. The standard InChI is InChI=1S/C35H51N5O7S/c1-9-23-19-35(23,32(44)39-48(46,47)24-13-11-10-12-14-24)38-30(42)27-25(20(2)3)17-18-40(27)31(43)29(34(6,7)8)37-33(45)36-26(21(4)5)28(41)22-15-16-22/h9-14,20-23,25-27,29H,1,15-19H2,2-8H3,(H,38,42)(H,39,44)(H2,36,37,45)/t23-,25?,26?,27+,29-,35-/m1/s1. The van der Waals surface area contributed by atoms with E-state index in [1.165, 1.54) is 35.2 Å². The van der Waals surface area contributed by atoms with Gasteiger partial charge in [0.05, 0.1) is 10.9 Å². The zero-order valence-electron chi connectivity index (χ0n) is 29.0. The molecule has 3 fully saturated rings. The molecule has 2 aliphatic carbocycles. The van der Waals surface area contributed by atoms with Gasteiger partial charge >= 0.3 is 6.03 Å². The molecule has 6 atom stereocenters. The van der Waals surface area contributed by atoms with E-state index in [2.05, 4.69) is 27.3 Å². The second-order valence-electron chi connectivity index (χ2n) is 15.2. The molecular weight excluding hydrogens is 634 g/mol. The van der Waals surface area contributed by atoms with Crippen molar-refractivity contribution >= 4 is 39.6 Å². The van der Waals surface area contributed by atoms with Crippen molar-refractivity contribution in [2.45, 2.75) is 103 Å². The number of urea groups is 1. The molecule has 3 aliphatic rings. The first kappa shape index (κ1) is 37.1. The molecule has 4 N–H and O–H groups in total. The van der Waals surface area contributed by atoms with Crippen molar-refractivity contribution in [1.82, 2.24) is 25.6 Å². The Morgan fingerprint density at radius 2 is 1.60 bits per heavy atom. The van der Waals surface area contributed by atoms with Crippen molar-refractivity contribution in [2.24, 2.45) is 35.0 Å². The fourth-order valence-corrected chi connectivity index (χ4v) is 7.67. The van der Waals surface area contributed by atoms with E-state index >= 15 is 0 Å². The molecule has 1 aromatic carbocycles. The second-order valence-corrected chi connectivity index (χ2v) is 16.9. The summed E-state index contributed by atoms with van der Waals surface area (Å²) in [4.78, 5) is 69.6. The van der Waals surface area contributed by atoms with Gasteiger partial charge in [0.15, 0.2) is 5.78 Å². The average molecular weight is 686 g/mol. The van der Waals surface area contributed by atoms with Crippen molar-refractivity contribution in [3.63, 3.8) is 0 Å². The first-order chi connectivity index (χ1) is 22.3. The van der Waals surface area contributed by atoms with E-state index in [1.807, 2.05) is 48.5 Å². The number of ketones is 1. The van der Waals surface area contributed by atoms with Gasteiger partial charge in [0, 0.05) is 18.4 Å². The molecule has 264 valence electrons. The van der Waals surface area contributed by atoms with Gasteiger partial charge in [-0.25, -0.2) is 17.9 Å². The molecule has 1 saturated heterocycles. The molecule has 0 spiro atoms. The minimum absolute atomic E-state index is 0.0118. The van der Waals surface area contributed by atoms with Crippen LogP contribution in [0.5, 0.6) is 0 Å². The molecule has 48 heavy (non-hydrogen) atoms. The monoisotopic (exact) mass is 685 g/mol. The van der Waals surface area contributed by atoms with E-state index in [0.29, 0.717) is 6.42 Å². The Bertz CT molecular complexity index is 1530. The number of rotatable bonds is 13. The lowest BCUT2D eigenvalue weighted by atomic mass is 9.84. The number of hydrogen-bond donors (Lipinski definition) is 4. The maximum absolute atomic E-state index is 14.3. The van der Waals surface area contributed by atoms with Crippen LogP contribution < -0.4 is 20.7 Å². The first-order valence-electron chi connectivity index (χ1n) is 16.8. The molecule has 5 amide bonds. The van der Waals surface area contributed by atoms with Crippen molar-refractivity contribution in [2.75, 3.05) is 6.54 Å². The second kappa shape index (κ2) is 14.0. The van der Waals surface area contributed by atoms with Crippen molar-refractivity contribution in [3.8, 4) is 0 Å². The van der Waals surface area contributed by atoms with Gasteiger partial charge < -0.3 is 20.9 Å². The Morgan fingerprint density at radius 1 is 0.979 bits per heavy atom. The highest BCUT2D eigenvalue weighted by Crippen LogP contribution is 2.45. The Hall–Kier alpha value is -3.74. The molecule has 13 heteroatoms. The molecule has 2 unspecified atom stereocenters. The molecular formula is C35H51N5O7S. The summed E-state index contributed by atoms with van der Waals surface area (Å²) >= 11 is 0. The summed E-state index contributed by atoms with van der Waals surface area (Å²) in [6.45, 7) is 17.1. The largest absolute Gasteiger partial charge is 0.339 e. The molecule has 2 saturated carbocycles. The van der Waals surface area contributed by atoms with Crippen molar-refractivity contribution in [3.05, 3.63) is 43.0 Å². The number of sulfonamides is 1. The van der Waals surface area contributed by atoms with Gasteiger partial charge in [-0.15, -0.1) is 6.58 Å². The third-order valence-corrected chi connectivity index (χ3v) is 11.2. The SMILES string of the molecule is C=C[C@@H]1C[C@]1(NC(=O)[C@@H]1C(C(C)C)CCN1C(=O)[C@@H](NC(=O)NC(C(=O)C1CC1)C(C)C)C(C)(C)C)C(=O)NS(=O)(=O)c1ccccc1. The van der Waals surface area contributed by atoms with Crippen LogP contribution in [0.3, 0.4) is 0 Å². The number of benzene rings is 1. The molecule has 1 aromatic rings. The quantitative estimate of drug-likeness (QED) is 0.231. The predicted molar refractivity (Wildman–Crippen MR) is 181 cm³/mol. The van der Waals surface area contributed by atoms with Crippen LogP contribution in [0.15, 0.2) is 47.9 Å². The highest BCUT2D eigenvalue weighted by Gasteiger charge is 2.62. The number of hydrogen-bond acceptors (Lipinski definition) is 7. The highest BCUT2D eigenvalue weighted by atomic mass is 32.2. The van der Waals surface area contributed by atoms with Crippen molar-refractivity contribution in [1.29, 1.82) is 0 Å². The number of carbonyl (C=O) groups excluding carboxylic acids is 5. The number of carbonyl (C=O) groups is 5. The minimum atomic E-state index is -4.21. The van der Waals surface area contributed by atoms with Crippen LogP contribution in [0, 0.1) is 35.0 Å². The predicted octanol–water partition coefficient (Wildman–Crippen LogP) is 3.14. The van der Waals surface area contributed by atoms with E-state index in [9.17, 15) is 32.4 Å². The summed E-state index contributed by atoms with van der Waals surface area (Å²) in [6.07, 6.45) is 3.78. The fourth-order valence-electron chi connectivity index (χ4n) is 6.61. The maximum Gasteiger partial charge on any atom is 0.316 e. The lowest BCUT2D eigenvalue weighted by Gasteiger charge is -2.37. The van der Waals surface area contributed by atoms with Crippen LogP contribution in [0.4, 0.5) is 4.79 Å². The van der Waals surface area contributed by atoms with Gasteiger partial charge in [-0.1, -0.05) is 72.7 Å². The number of likely N-dealkylation sites (tertiary alicyclic amines) is 1. The summed E-state index contributed by atoms with van der Waals surface area (Å²) in [5.41, 5.74) is -2.32. The summed E-state index contributed by atoms with van der Waals surface area (Å²) < 4.78 is 28.1. The summed E-state index contributed by atoms with van der Waals surface area (Å²) in [6, 6.07) is 4.11. The zero-order chi connectivity index (χ0) is 35.8. The lowest BCUT2D eigenvalue weighted by Crippen LogP contribution is -2.62. The van der Waals surface area contributed by atoms with Crippen molar-refractivity contribution < 1.29 is 32.4 Å². The Kier molecular flexibility index (Phi) is 10.8. The van der Waals surface area contributed by atoms with E-state index in [4.69, 9.17) is 0 Å². The molecule has 0 aromatic heterocycles. The van der Waals surface area contributed by atoms with Crippen LogP contribution in [0.2, 0.25) is 0 Å². The van der Waals surface area contributed by atoms with Gasteiger partial charge in [0.25, 0.3) is 15.9 Å². The lowest BCUT2D eigenvalue weighted by molar-refractivity contribution is -0.144.